The topological polar surface area (TPSA) is 43.4 Å². The number of hydrogen-bond acceptors (Lipinski definition) is 3. The lowest BCUT2D eigenvalue weighted by Gasteiger charge is -1.96. The summed E-state index contributed by atoms with van der Waals surface area (Å²) in [7, 11) is -0.603. The van der Waals surface area contributed by atoms with Crippen LogP contribution in [0, 0.1) is 0 Å². The number of hydrogen-bond donors (Lipinski definition) is 0. The van der Waals surface area contributed by atoms with Crippen molar-refractivity contribution in [3.05, 3.63) is 0 Å². The fourth-order valence-corrected chi connectivity index (χ4v) is 0.495. The second-order valence-electron chi connectivity index (χ2n) is 1.59. The molecule has 0 aromatic rings. The van der Waals surface area contributed by atoms with Crippen molar-refractivity contribution in [1.82, 2.24) is 0 Å². The molecule has 0 saturated carbocycles. The first-order chi connectivity index (χ1) is 4.22. The highest BCUT2D eigenvalue weighted by atomic mass is 31.1. The van der Waals surface area contributed by atoms with Gasteiger partial charge in [-0.15, -0.1) is 0 Å². The Kier molecular flexibility index (Phi) is 4.24. The molecule has 0 amide bonds. The van der Waals surface area contributed by atoms with Crippen LogP contribution in [0.3, 0.4) is 0 Å². The molecule has 3 nitrogen and oxygen atoms in total. The molecule has 0 aliphatic carbocycles. The first-order valence-corrected chi connectivity index (χ1v) is 3.75. The minimum atomic E-state index is -0.603. The molecule has 0 aromatic carbocycles. The van der Waals surface area contributed by atoms with E-state index in [-0.39, 0.29) is 5.97 Å². The Morgan fingerprint density at radius 1 is 1.78 bits per heavy atom. The zero-order chi connectivity index (χ0) is 7.28. The monoisotopic (exact) mass is 149 g/mol. The maximum absolute atomic E-state index is 10.6. The van der Waals surface area contributed by atoms with Crippen molar-refractivity contribution in [3.8, 4) is 0 Å². The van der Waals surface area contributed by atoms with Crippen molar-refractivity contribution in [2.24, 2.45) is 0 Å². The molecular weight excluding hydrogens is 139 g/mol. The van der Waals surface area contributed by atoms with Crippen LogP contribution in [0.2, 0.25) is 0 Å². The second-order valence-corrected chi connectivity index (χ2v) is 2.69. The van der Waals surface area contributed by atoms with Gasteiger partial charge < -0.3 is 4.74 Å². The zero-order valence-corrected chi connectivity index (χ0v) is 6.51. The van der Waals surface area contributed by atoms with Gasteiger partial charge in [-0.05, 0) is 13.8 Å². The van der Waals surface area contributed by atoms with Gasteiger partial charge in [-0.25, -0.2) is 4.79 Å². The van der Waals surface area contributed by atoms with E-state index in [0.29, 0.717) is 6.61 Å². The smallest absolute Gasteiger partial charge is 0.357 e. The van der Waals surface area contributed by atoms with E-state index < -0.39 is 14.1 Å². The van der Waals surface area contributed by atoms with Crippen LogP contribution in [0.1, 0.15) is 13.8 Å². The van der Waals surface area contributed by atoms with Crippen LogP contribution in [0.15, 0.2) is 0 Å². The van der Waals surface area contributed by atoms with Crippen molar-refractivity contribution in [3.63, 3.8) is 0 Å². The van der Waals surface area contributed by atoms with Crippen LogP contribution in [0.25, 0.3) is 0 Å². The first kappa shape index (κ1) is 8.57. The maximum Gasteiger partial charge on any atom is 0.357 e. The van der Waals surface area contributed by atoms with E-state index in [4.69, 9.17) is 0 Å². The molecule has 0 saturated heterocycles. The number of rotatable bonds is 3. The molecular formula is C5H10O3P+. The number of carbonyl (C=O) groups is 1. The van der Waals surface area contributed by atoms with Gasteiger partial charge in [-0.2, -0.15) is 0 Å². The van der Waals surface area contributed by atoms with Crippen LogP contribution in [0.5, 0.6) is 0 Å². The SMILES string of the molecule is CCOC(=O)C(C)[PH+]=O. The Morgan fingerprint density at radius 2 is 2.33 bits per heavy atom. The van der Waals surface area contributed by atoms with E-state index in [1.54, 1.807) is 13.8 Å². The van der Waals surface area contributed by atoms with Gasteiger partial charge in [-0.1, -0.05) is 4.57 Å². The summed E-state index contributed by atoms with van der Waals surface area (Å²) in [4.78, 5) is 10.6. The van der Waals surface area contributed by atoms with Crippen LogP contribution >= 0.6 is 8.46 Å². The van der Waals surface area contributed by atoms with Gasteiger partial charge in [0.25, 0.3) is 0 Å². The van der Waals surface area contributed by atoms with Gasteiger partial charge >= 0.3 is 14.4 Å². The summed E-state index contributed by atoms with van der Waals surface area (Å²) in [5, 5.41) is 0. The Labute approximate surface area is 55.6 Å². The van der Waals surface area contributed by atoms with Crippen LogP contribution in [-0.4, -0.2) is 18.2 Å². The zero-order valence-electron chi connectivity index (χ0n) is 5.51. The molecule has 0 radical (unpaired) electrons. The highest BCUT2D eigenvalue weighted by Gasteiger charge is 2.19. The van der Waals surface area contributed by atoms with E-state index in [2.05, 4.69) is 4.74 Å². The molecule has 0 heterocycles. The van der Waals surface area contributed by atoms with Crippen molar-refractivity contribution in [2.75, 3.05) is 6.61 Å². The molecule has 9 heavy (non-hydrogen) atoms. The summed E-state index contributed by atoms with van der Waals surface area (Å²) < 4.78 is 14.6. The van der Waals surface area contributed by atoms with Gasteiger partial charge in [0.1, 0.15) is 0 Å². The molecule has 0 aromatic heterocycles. The number of ether oxygens (including phenoxy) is 1. The highest BCUT2D eigenvalue weighted by molar-refractivity contribution is 7.26. The maximum atomic E-state index is 10.6. The summed E-state index contributed by atoms with van der Waals surface area (Å²) in [5.41, 5.74) is -0.468. The molecule has 0 spiro atoms. The average molecular weight is 149 g/mol. The lowest BCUT2D eigenvalue weighted by molar-refractivity contribution is -0.142. The summed E-state index contributed by atoms with van der Waals surface area (Å²) in [6, 6.07) is 0. The molecule has 4 heteroatoms. The van der Waals surface area contributed by atoms with E-state index in [1.807, 2.05) is 0 Å². The van der Waals surface area contributed by atoms with Gasteiger partial charge in [0.15, 0.2) is 0 Å². The van der Waals surface area contributed by atoms with Crippen molar-refractivity contribution in [1.29, 1.82) is 0 Å². The average Bonchev–Trinajstić information content (AvgIpc) is 1.87. The molecule has 0 N–H and O–H groups in total. The fourth-order valence-electron chi connectivity index (χ4n) is 0.315. The lowest BCUT2D eigenvalue weighted by Crippen LogP contribution is -2.13. The lowest BCUT2D eigenvalue weighted by atomic mass is 10.5. The first-order valence-electron chi connectivity index (χ1n) is 2.76. The quantitative estimate of drug-likeness (QED) is 0.443. The Bertz CT molecular complexity index is 113. The Hall–Kier alpha value is -0.430. The fraction of sp³-hybridized carbons (Fsp3) is 0.800. The largest absolute Gasteiger partial charge is 0.463 e. The van der Waals surface area contributed by atoms with Crippen LogP contribution < -0.4 is 0 Å². The third kappa shape index (κ3) is 3.20. The van der Waals surface area contributed by atoms with Crippen molar-refractivity contribution >= 4 is 14.4 Å². The Balaban J connectivity index is 3.58. The summed E-state index contributed by atoms with van der Waals surface area (Å²) in [6.07, 6.45) is 0. The third-order valence-corrected chi connectivity index (χ3v) is 1.41. The summed E-state index contributed by atoms with van der Waals surface area (Å²) >= 11 is 0. The van der Waals surface area contributed by atoms with Gasteiger partial charge in [-0.3, -0.25) is 0 Å². The number of carbonyl (C=O) groups excluding carboxylic acids is 1. The van der Waals surface area contributed by atoms with E-state index in [9.17, 15) is 9.36 Å². The Morgan fingerprint density at radius 3 is 2.67 bits per heavy atom. The third-order valence-electron chi connectivity index (χ3n) is 0.817. The normalized spacial score (nSPS) is 13.1. The highest BCUT2D eigenvalue weighted by Crippen LogP contribution is 2.05. The predicted molar refractivity (Wildman–Crippen MR) is 35.1 cm³/mol. The molecule has 52 valence electrons. The van der Waals surface area contributed by atoms with E-state index >= 15 is 0 Å². The van der Waals surface area contributed by atoms with Crippen molar-refractivity contribution < 1.29 is 14.1 Å². The molecule has 0 bridgehead atoms. The van der Waals surface area contributed by atoms with Crippen molar-refractivity contribution in [2.45, 2.75) is 19.5 Å². The number of esters is 1. The summed E-state index contributed by atoms with van der Waals surface area (Å²) in [6.45, 7) is 3.65. The van der Waals surface area contributed by atoms with Crippen LogP contribution in [0.4, 0.5) is 0 Å². The molecule has 0 rings (SSSR count). The molecule has 2 atom stereocenters. The van der Waals surface area contributed by atoms with Gasteiger partial charge in [0.05, 0.1) is 6.61 Å². The van der Waals surface area contributed by atoms with Gasteiger partial charge in [0.2, 0.25) is 5.66 Å². The van der Waals surface area contributed by atoms with Gasteiger partial charge in [0, 0.05) is 0 Å². The molecule has 0 aliphatic rings. The standard InChI is InChI=1S/C5H9O3P/c1-3-8-5(6)4(2)9-7/h4H,3H2,1-2H3/p+1. The van der Waals surface area contributed by atoms with E-state index in [1.165, 1.54) is 0 Å². The summed E-state index contributed by atoms with van der Waals surface area (Å²) in [5.74, 6) is -0.383. The minimum Gasteiger partial charge on any atom is -0.463 e. The second kappa shape index (κ2) is 4.45. The predicted octanol–water partition coefficient (Wildman–Crippen LogP) is 0.962. The minimum absolute atomic E-state index is 0.355. The van der Waals surface area contributed by atoms with Crippen LogP contribution in [-0.2, 0) is 14.1 Å². The van der Waals surface area contributed by atoms with E-state index in [0.717, 1.165) is 0 Å². The molecule has 2 unspecified atom stereocenters. The molecule has 0 aliphatic heterocycles. The molecule has 0 fully saturated rings.